The van der Waals surface area contributed by atoms with Gasteiger partial charge in [0.15, 0.2) is 12.4 Å². The van der Waals surface area contributed by atoms with Crippen LogP contribution in [-0.2, 0) is 14.2 Å². The fourth-order valence-electron chi connectivity index (χ4n) is 2.23. The predicted molar refractivity (Wildman–Crippen MR) is 88.9 cm³/mol. The van der Waals surface area contributed by atoms with Gasteiger partial charge in [-0.05, 0) is 31.2 Å². The summed E-state index contributed by atoms with van der Waals surface area (Å²) in [5.74, 6) is 0.389. The molecule has 0 unspecified atom stereocenters. The molecule has 1 aliphatic heterocycles. The Labute approximate surface area is 149 Å². The number of aliphatic hydroxyl groups is 3. The Hall–Kier alpha value is -1.00. The summed E-state index contributed by atoms with van der Waals surface area (Å²) in [4.78, 5) is 0. The van der Waals surface area contributed by atoms with Crippen LogP contribution in [0.15, 0.2) is 24.3 Å². The minimum Gasteiger partial charge on any atom is -0.447 e. The van der Waals surface area contributed by atoms with Gasteiger partial charge in [-0.15, -0.1) is 0 Å². The highest BCUT2D eigenvalue weighted by Gasteiger charge is 2.47. The summed E-state index contributed by atoms with van der Waals surface area (Å²) in [6.45, 7) is 1.52. The van der Waals surface area contributed by atoms with Gasteiger partial charge < -0.3 is 34.3 Å². The normalized spacial score (nSPS) is 30.0. The molecule has 0 bridgehead atoms. The van der Waals surface area contributed by atoms with Crippen molar-refractivity contribution >= 4 is 29.1 Å². The molecule has 1 aliphatic rings. The Morgan fingerprint density at radius 2 is 1.92 bits per heavy atom. The zero-order valence-electron chi connectivity index (χ0n) is 12.9. The van der Waals surface area contributed by atoms with E-state index in [0.717, 1.165) is 0 Å². The number of halogens is 1. The molecule has 9 heteroatoms. The number of aliphatic hydroxyl groups excluding tert-OH is 3. The van der Waals surface area contributed by atoms with Crippen LogP contribution in [0.2, 0.25) is 5.02 Å². The minimum atomic E-state index is -1.31. The Bertz CT molecular complexity index is 541. The summed E-state index contributed by atoms with van der Waals surface area (Å²) >= 11 is 10.8. The second kappa shape index (κ2) is 8.91. The third-order valence-electron chi connectivity index (χ3n) is 3.40. The second-order valence-electron chi connectivity index (χ2n) is 5.05. The first kappa shape index (κ1) is 19.3. The number of hydrogen-bond acceptors (Lipinski definition) is 8. The Kier molecular flexibility index (Phi) is 7.17. The Balaban J connectivity index is 2.03. The first-order valence-electron chi connectivity index (χ1n) is 7.34. The highest BCUT2D eigenvalue weighted by Crippen LogP contribution is 2.25. The molecule has 1 fully saturated rings. The maximum absolute atomic E-state index is 10.2. The standard InChI is InChI=1S/C15H19ClO7S/c1-2-20-14-12(19)13(11(18)10(7-17)22-14)23-15(24)21-9-5-3-8(16)4-6-9/h3-6,10-14,17-19H,2,7H2,1H3/t10-,11+,12-,13+,14-/m1/s1. The van der Waals surface area contributed by atoms with Gasteiger partial charge in [-0.1, -0.05) is 11.6 Å². The SMILES string of the molecule is CCO[C@@H]1O[C@H](CO)[C@H](O)[C@H](OC(=S)Oc2ccc(Cl)cc2)[C@H]1O. The molecule has 1 saturated heterocycles. The number of ether oxygens (including phenoxy) is 4. The molecule has 134 valence electrons. The quantitative estimate of drug-likeness (QED) is 0.649. The maximum Gasteiger partial charge on any atom is 0.358 e. The van der Waals surface area contributed by atoms with Crippen LogP contribution in [0.1, 0.15) is 6.92 Å². The first-order valence-corrected chi connectivity index (χ1v) is 8.13. The fourth-order valence-corrected chi connectivity index (χ4v) is 2.56. The van der Waals surface area contributed by atoms with E-state index in [9.17, 15) is 15.3 Å². The molecule has 2 rings (SSSR count). The summed E-state index contributed by atoms with van der Waals surface area (Å²) < 4.78 is 21.2. The number of rotatable bonds is 5. The highest BCUT2D eigenvalue weighted by atomic mass is 35.5. The molecule has 1 aromatic carbocycles. The van der Waals surface area contributed by atoms with Crippen LogP contribution in [0.5, 0.6) is 5.75 Å². The van der Waals surface area contributed by atoms with Crippen molar-refractivity contribution in [3.05, 3.63) is 29.3 Å². The van der Waals surface area contributed by atoms with Gasteiger partial charge in [0.05, 0.1) is 6.61 Å². The molecule has 0 amide bonds. The second-order valence-corrected chi connectivity index (χ2v) is 5.82. The number of hydrogen-bond donors (Lipinski definition) is 3. The van der Waals surface area contributed by atoms with E-state index in [-0.39, 0.29) is 11.8 Å². The lowest BCUT2D eigenvalue weighted by molar-refractivity contribution is -0.298. The van der Waals surface area contributed by atoms with Crippen LogP contribution in [0.3, 0.4) is 0 Å². The largest absolute Gasteiger partial charge is 0.447 e. The average Bonchev–Trinajstić information content (AvgIpc) is 2.56. The molecule has 7 nitrogen and oxygen atoms in total. The average molecular weight is 379 g/mol. The van der Waals surface area contributed by atoms with Crippen molar-refractivity contribution in [2.24, 2.45) is 0 Å². The van der Waals surface area contributed by atoms with Gasteiger partial charge in [0.1, 0.15) is 24.1 Å². The summed E-state index contributed by atoms with van der Waals surface area (Å²) in [5.41, 5.74) is 0. The van der Waals surface area contributed by atoms with E-state index in [1.54, 1.807) is 31.2 Å². The van der Waals surface area contributed by atoms with Crippen molar-refractivity contribution in [2.75, 3.05) is 13.2 Å². The molecular weight excluding hydrogens is 360 g/mol. The molecule has 0 saturated carbocycles. The van der Waals surface area contributed by atoms with Crippen molar-refractivity contribution in [1.82, 2.24) is 0 Å². The van der Waals surface area contributed by atoms with Gasteiger partial charge in [0.25, 0.3) is 0 Å². The topological polar surface area (TPSA) is 97.6 Å². The lowest BCUT2D eigenvalue weighted by atomic mass is 9.99. The summed E-state index contributed by atoms with van der Waals surface area (Å²) in [5, 5.41) is 30.0. The Morgan fingerprint density at radius 1 is 1.25 bits per heavy atom. The molecular formula is C15H19ClO7S. The van der Waals surface area contributed by atoms with E-state index in [1.165, 1.54) is 0 Å². The zero-order chi connectivity index (χ0) is 17.7. The maximum atomic E-state index is 10.2. The minimum absolute atomic E-state index is 0.272. The van der Waals surface area contributed by atoms with E-state index in [1.807, 2.05) is 0 Å². The van der Waals surface area contributed by atoms with Crippen molar-refractivity contribution < 1.29 is 34.3 Å². The van der Waals surface area contributed by atoms with Crippen LogP contribution in [-0.4, -0.2) is 64.5 Å². The van der Waals surface area contributed by atoms with E-state index >= 15 is 0 Å². The van der Waals surface area contributed by atoms with Gasteiger partial charge in [0.2, 0.25) is 0 Å². The van der Waals surface area contributed by atoms with Crippen LogP contribution in [0.4, 0.5) is 0 Å². The van der Waals surface area contributed by atoms with Gasteiger partial charge >= 0.3 is 5.24 Å². The van der Waals surface area contributed by atoms with Crippen molar-refractivity contribution in [2.45, 2.75) is 37.6 Å². The molecule has 3 N–H and O–H groups in total. The van der Waals surface area contributed by atoms with E-state index in [2.05, 4.69) is 0 Å². The number of thiocarbonyl (C=S) groups is 1. The fraction of sp³-hybridized carbons (Fsp3) is 0.533. The van der Waals surface area contributed by atoms with Gasteiger partial charge in [0, 0.05) is 23.8 Å². The van der Waals surface area contributed by atoms with Crippen molar-refractivity contribution in [3.63, 3.8) is 0 Å². The smallest absolute Gasteiger partial charge is 0.358 e. The van der Waals surface area contributed by atoms with E-state index in [0.29, 0.717) is 10.8 Å². The van der Waals surface area contributed by atoms with Crippen molar-refractivity contribution in [3.8, 4) is 5.75 Å². The lowest BCUT2D eigenvalue weighted by Crippen LogP contribution is -2.60. The van der Waals surface area contributed by atoms with Gasteiger partial charge in [-0.3, -0.25) is 0 Å². The van der Waals surface area contributed by atoms with Crippen LogP contribution < -0.4 is 4.74 Å². The summed E-state index contributed by atoms with van der Waals surface area (Å²) in [6, 6.07) is 6.41. The van der Waals surface area contributed by atoms with Gasteiger partial charge in [-0.2, -0.15) is 0 Å². The first-order chi connectivity index (χ1) is 11.5. The Morgan fingerprint density at radius 3 is 2.50 bits per heavy atom. The van der Waals surface area contributed by atoms with E-state index < -0.39 is 37.3 Å². The molecule has 0 spiro atoms. The molecule has 24 heavy (non-hydrogen) atoms. The molecule has 1 heterocycles. The molecule has 0 aliphatic carbocycles. The van der Waals surface area contributed by atoms with Gasteiger partial charge in [-0.25, -0.2) is 0 Å². The third-order valence-corrected chi connectivity index (χ3v) is 3.83. The summed E-state index contributed by atoms with van der Waals surface area (Å²) in [6.07, 6.45) is -5.83. The highest BCUT2D eigenvalue weighted by molar-refractivity contribution is 7.79. The van der Waals surface area contributed by atoms with Crippen LogP contribution in [0, 0.1) is 0 Å². The predicted octanol–water partition coefficient (Wildman–Crippen LogP) is 0.864. The van der Waals surface area contributed by atoms with Crippen LogP contribution in [0.25, 0.3) is 0 Å². The van der Waals surface area contributed by atoms with Crippen molar-refractivity contribution in [1.29, 1.82) is 0 Å². The molecule has 1 aromatic rings. The monoisotopic (exact) mass is 378 g/mol. The van der Waals surface area contributed by atoms with Crippen LogP contribution >= 0.6 is 23.8 Å². The molecule has 0 aromatic heterocycles. The molecule has 5 atom stereocenters. The lowest BCUT2D eigenvalue weighted by Gasteiger charge is -2.41. The third kappa shape index (κ3) is 4.76. The zero-order valence-corrected chi connectivity index (χ0v) is 14.4. The van der Waals surface area contributed by atoms with E-state index in [4.69, 9.17) is 42.8 Å². The molecule has 0 radical (unpaired) electrons. The summed E-state index contributed by atoms with van der Waals surface area (Å²) in [7, 11) is 0. The number of benzene rings is 1.